The van der Waals surface area contributed by atoms with E-state index in [0.29, 0.717) is 6.04 Å². The molecule has 0 aromatic heterocycles. The van der Waals surface area contributed by atoms with Crippen LogP contribution >= 0.6 is 0 Å². The molecule has 1 fully saturated rings. The van der Waals surface area contributed by atoms with Gasteiger partial charge in [0.1, 0.15) is 0 Å². The minimum absolute atomic E-state index is 0.709. The van der Waals surface area contributed by atoms with E-state index in [1.165, 1.54) is 32.1 Å². The second-order valence-corrected chi connectivity index (χ2v) is 4.44. The molecular formula is C11H23N. The van der Waals surface area contributed by atoms with E-state index in [1.807, 2.05) is 0 Å². The minimum atomic E-state index is 0.709. The molecule has 72 valence electrons. The fourth-order valence-corrected chi connectivity index (χ4v) is 2.11. The molecule has 1 rings (SSSR count). The third-order valence-corrected chi connectivity index (χ3v) is 3.07. The zero-order valence-electron chi connectivity index (χ0n) is 8.77. The van der Waals surface area contributed by atoms with E-state index in [4.69, 9.17) is 0 Å². The van der Waals surface area contributed by atoms with Crippen LogP contribution in [-0.4, -0.2) is 12.1 Å². The Hall–Kier alpha value is -0.0400. The molecule has 1 saturated carbocycles. The van der Waals surface area contributed by atoms with E-state index in [9.17, 15) is 0 Å². The van der Waals surface area contributed by atoms with E-state index < -0.39 is 0 Å². The van der Waals surface area contributed by atoms with Crippen LogP contribution in [0.1, 0.15) is 52.9 Å². The lowest BCUT2D eigenvalue weighted by atomic mass is 9.87. The Morgan fingerprint density at radius 3 is 2.75 bits per heavy atom. The maximum absolute atomic E-state index is 3.70. The van der Waals surface area contributed by atoms with Gasteiger partial charge in [0.2, 0.25) is 0 Å². The van der Waals surface area contributed by atoms with Crippen molar-refractivity contribution in [3.05, 3.63) is 0 Å². The van der Waals surface area contributed by atoms with Crippen molar-refractivity contribution >= 4 is 0 Å². The SMILES string of the molecule is CCC(C)NC1CCCC(C)C1. The zero-order valence-corrected chi connectivity index (χ0v) is 8.77. The highest BCUT2D eigenvalue weighted by Crippen LogP contribution is 2.23. The fourth-order valence-electron chi connectivity index (χ4n) is 2.11. The molecule has 0 heterocycles. The topological polar surface area (TPSA) is 12.0 Å². The van der Waals surface area contributed by atoms with Crippen molar-refractivity contribution in [2.24, 2.45) is 5.92 Å². The first-order valence-corrected chi connectivity index (χ1v) is 5.48. The fraction of sp³-hybridized carbons (Fsp3) is 1.00. The smallest absolute Gasteiger partial charge is 0.00720 e. The summed E-state index contributed by atoms with van der Waals surface area (Å²) in [6.45, 7) is 6.92. The summed E-state index contributed by atoms with van der Waals surface area (Å²) in [4.78, 5) is 0. The molecule has 0 amide bonds. The Labute approximate surface area is 76.9 Å². The van der Waals surface area contributed by atoms with Gasteiger partial charge in [-0.3, -0.25) is 0 Å². The molecule has 0 bridgehead atoms. The monoisotopic (exact) mass is 169 g/mol. The number of rotatable bonds is 3. The second-order valence-electron chi connectivity index (χ2n) is 4.44. The summed E-state index contributed by atoms with van der Waals surface area (Å²) in [5, 5.41) is 3.70. The van der Waals surface area contributed by atoms with Crippen molar-refractivity contribution in [1.82, 2.24) is 5.32 Å². The third kappa shape index (κ3) is 3.14. The van der Waals surface area contributed by atoms with Crippen molar-refractivity contribution in [1.29, 1.82) is 0 Å². The molecule has 0 saturated heterocycles. The predicted molar refractivity (Wildman–Crippen MR) is 54.3 cm³/mol. The lowest BCUT2D eigenvalue weighted by Gasteiger charge is -2.29. The first-order valence-electron chi connectivity index (χ1n) is 5.48. The quantitative estimate of drug-likeness (QED) is 0.685. The van der Waals surface area contributed by atoms with E-state index in [-0.39, 0.29) is 0 Å². The summed E-state index contributed by atoms with van der Waals surface area (Å²) in [7, 11) is 0. The van der Waals surface area contributed by atoms with Gasteiger partial charge < -0.3 is 5.32 Å². The van der Waals surface area contributed by atoms with Crippen LogP contribution < -0.4 is 5.32 Å². The molecule has 1 heteroatoms. The first kappa shape index (κ1) is 10.0. The third-order valence-electron chi connectivity index (χ3n) is 3.07. The number of hydrogen-bond acceptors (Lipinski definition) is 1. The molecular weight excluding hydrogens is 146 g/mol. The molecule has 1 aliphatic carbocycles. The highest BCUT2D eigenvalue weighted by molar-refractivity contribution is 4.77. The molecule has 0 radical (unpaired) electrons. The maximum atomic E-state index is 3.70. The van der Waals surface area contributed by atoms with Gasteiger partial charge in [0.25, 0.3) is 0 Å². The Bertz CT molecular complexity index is 122. The molecule has 3 unspecified atom stereocenters. The van der Waals surface area contributed by atoms with Gasteiger partial charge in [0.15, 0.2) is 0 Å². The van der Waals surface area contributed by atoms with Gasteiger partial charge in [0.05, 0.1) is 0 Å². The summed E-state index contributed by atoms with van der Waals surface area (Å²) in [6.07, 6.45) is 6.91. The Kier molecular flexibility index (Phi) is 4.07. The summed E-state index contributed by atoms with van der Waals surface area (Å²) in [5.41, 5.74) is 0. The van der Waals surface area contributed by atoms with Gasteiger partial charge in [-0.25, -0.2) is 0 Å². The predicted octanol–water partition coefficient (Wildman–Crippen LogP) is 2.95. The van der Waals surface area contributed by atoms with Gasteiger partial charge in [0, 0.05) is 12.1 Å². The number of nitrogens with one attached hydrogen (secondary N) is 1. The van der Waals surface area contributed by atoms with Crippen LogP contribution in [0.2, 0.25) is 0 Å². The highest BCUT2D eigenvalue weighted by Gasteiger charge is 2.19. The van der Waals surface area contributed by atoms with Crippen LogP contribution in [0, 0.1) is 5.92 Å². The average molecular weight is 169 g/mol. The van der Waals surface area contributed by atoms with Crippen LogP contribution in [0.4, 0.5) is 0 Å². The molecule has 0 aromatic carbocycles. The van der Waals surface area contributed by atoms with Crippen LogP contribution in [0.15, 0.2) is 0 Å². The van der Waals surface area contributed by atoms with Crippen LogP contribution in [0.5, 0.6) is 0 Å². The average Bonchev–Trinajstić information content (AvgIpc) is 2.04. The Balaban J connectivity index is 2.22. The van der Waals surface area contributed by atoms with Crippen molar-refractivity contribution in [2.75, 3.05) is 0 Å². The van der Waals surface area contributed by atoms with Crippen molar-refractivity contribution in [3.8, 4) is 0 Å². The first-order chi connectivity index (χ1) is 5.72. The molecule has 0 aliphatic heterocycles. The standard InChI is InChI=1S/C11H23N/c1-4-10(3)12-11-7-5-6-9(2)8-11/h9-12H,4-8H2,1-3H3. The Morgan fingerprint density at radius 2 is 2.17 bits per heavy atom. The van der Waals surface area contributed by atoms with E-state index in [2.05, 4.69) is 26.1 Å². The summed E-state index contributed by atoms with van der Waals surface area (Å²) < 4.78 is 0. The molecule has 0 aromatic rings. The van der Waals surface area contributed by atoms with E-state index >= 15 is 0 Å². The molecule has 1 nitrogen and oxygen atoms in total. The maximum Gasteiger partial charge on any atom is 0.00720 e. The summed E-state index contributed by atoms with van der Waals surface area (Å²) in [5.74, 6) is 0.945. The van der Waals surface area contributed by atoms with Gasteiger partial charge in [-0.05, 0) is 32.1 Å². The summed E-state index contributed by atoms with van der Waals surface area (Å²) >= 11 is 0. The van der Waals surface area contributed by atoms with Crippen LogP contribution in [0.25, 0.3) is 0 Å². The van der Waals surface area contributed by atoms with Gasteiger partial charge >= 0.3 is 0 Å². The lowest BCUT2D eigenvalue weighted by Crippen LogP contribution is -2.39. The molecule has 1 N–H and O–H groups in total. The van der Waals surface area contributed by atoms with Crippen molar-refractivity contribution in [2.45, 2.75) is 65.0 Å². The van der Waals surface area contributed by atoms with Crippen molar-refractivity contribution in [3.63, 3.8) is 0 Å². The van der Waals surface area contributed by atoms with Gasteiger partial charge in [-0.2, -0.15) is 0 Å². The minimum Gasteiger partial charge on any atom is -0.312 e. The molecule has 3 atom stereocenters. The normalized spacial score (nSPS) is 33.2. The van der Waals surface area contributed by atoms with Crippen molar-refractivity contribution < 1.29 is 0 Å². The Morgan fingerprint density at radius 1 is 1.42 bits per heavy atom. The van der Waals surface area contributed by atoms with Gasteiger partial charge in [-0.1, -0.05) is 26.7 Å². The highest BCUT2D eigenvalue weighted by atomic mass is 14.9. The van der Waals surface area contributed by atoms with E-state index in [0.717, 1.165) is 12.0 Å². The van der Waals surface area contributed by atoms with E-state index in [1.54, 1.807) is 0 Å². The van der Waals surface area contributed by atoms with Crippen LogP contribution in [0.3, 0.4) is 0 Å². The molecule has 12 heavy (non-hydrogen) atoms. The van der Waals surface area contributed by atoms with Crippen LogP contribution in [-0.2, 0) is 0 Å². The van der Waals surface area contributed by atoms with Gasteiger partial charge in [-0.15, -0.1) is 0 Å². The molecule has 0 spiro atoms. The molecule has 1 aliphatic rings. The zero-order chi connectivity index (χ0) is 8.97. The number of hydrogen-bond donors (Lipinski definition) is 1. The second kappa shape index (κ2) is 4.86. The largest absolute Gasteiger partial charge is 0.312 e. The lowest BCUT2D eigenvalue weighted by molar-refractivity contribution is 0.282. The summed E-state index contributed by atoms with van der Waals surface area (Å²) in [6, 6.07) is 1.52.